The van der Waals surface area contributed by atoms with Crippen LogP contribution in [0.1, 0.15) is 25.7 Å². The van der Waals surface area contributed by atoms with Crippen molar-refractivity contribution in [3.05, 3.63) is 24.3 Å². The summed E-state index contributed by atoms with van der Waals surface area (Å²) in [6.45, 7) is 5.79. The minimum Gasteiger partial charge on any atom is -0.495 e. The zero-order chi connectivity index (χ0) is 17.9. The van der Waals surface area contributed by atoms with E-state index in [1.165, 1.54) is 24.9 Å². The van der Waals surface area contributed by atoms with Gasteiger partial charge in [-0.05, 0) is 43.2 Å². The van der Waals surface area contributed by atoms with E-state index >= 15 is 0 Å². The van der Waals surface area contributed by atoms with Crippen LogP contribution in [-0.4, -0.2) is 57.2 Å². The third kappa shape index (κ3) is 3.68. The maximum Gasteiger partial charge on any atom is 0.223 e. The monoisotopic (exact) mass is 357 g/mol. The molecule has 1 N–H and O–H groups in total. The van der Waals surface area contributed by atoms with Gasteiger partial charge in [0.15, 0.2) is 0 Å². The molecule has 2 aliphatic carbocycles. The van der Waals surface area contributed by atoms with E-state index in [9.17, 15) is 4.79 Å². The predicted octanol–water partition coefficient (Wildman–Crippen LogP) is 2.37. The second-order valence-electron chi connectivity index (χ2n) is 8.07. The number of hydrogen-bond acceptors (Lipinski definition) is 4. The van der Waals surface area contributed by atoms with Crippen molar-refractivity contribution in [1.82, 2.24) is 10.2 Å². The van der Waals surface area contributed by atoms with Crippen LogP contribution in [-0.2, 0) is 4.79 Å². The zero-order valence-electron chi connectivity index (χ0n) is 15.8. The topological polar surface area (TPSA) is 44.8 Å². The third-order valence-electron chi connectivity index (χ3n) is 6.60. The molecule has 3 aliphatic rings. The minimum absolute atomic E-state index is 0.302. The van der Waals surface area contributed by atoms with Crippen LogP contribution >= 0.6 is 0 Å². The van der Waals surface area contributed by atoms with E-state index in [4.69, 9.17) is 4.74 Å². The molecule has 1 heterocycles. The first-order valence-corrected chi connectivity index (χ1v) is 10.1. The lowest BCUT2D eigenvalue weighted by molar-refractivity contribution is -0.126. The maximum absolute atomic E-state index is 12.4. The number of benzene rings is 1. The molecule has 0 radical (unpaired) electrons. The van der Waals surface area contributed by atoms with Crippen molar-refractivity contribution in [2.45, 2.75) is 25.7 Å². The molecule has 1 aromatic carbocycles. The lowest BCUT2D eigenvalue weighted by Crippen LogP contribution is -2.49. The van der Waals surface area contributed by atoms with Gasteiger partial charge in [0, 0.05) is 45.2 Å². The molecule has 26 heavy (non-hydrogen) atoms. The number of hydrogen-bond donors (Lipinski definition) is 1. The molecule has 2 saturated carbocycles. The molecule has 0 aromatic heterocycles. The summed E-state index contributed by atoms with van der Waals surface area (Å²) in [5, 5.41) is 3.20. The number of nitrogens with zero attached hydrogens (tertiary/aromatic N) is 2. The summed E-state index contributed by atoms with van der Waals surface area (Å²) >= 11 is 0. The van der Waals surface area contributed by atoms with Crippen molar-refractivity contribution < 1.29 is 9.53 Å². The fraction of sp³-hybridized carbons (Fsp3) is 0.667. The van der Waals surface area contributed by atoms with Gasteiger partial charge in [-0.3, -0.25) is 9.69 Å². The van der Waals surface area contributed by atoms with Crippen LogP contribution in [0.3, 0.4) is 0 Å². The molecule has 2 bridgehead atoms. The molecule has 5 heteroatoms. The van der Waals surface area contributed by atoms with E-state index in [0.717, 1.165) is 57.4 Å². The van der Waals surface area contributed by atoms with E-state index < -0.39 is 0 Å². The van der Waals surface area contributed by atoms with Crippen LogP contribution in [0.2, 0.25) is 0 Å². The van der Waals surface area contributed by atoms with Gasteiger partial charge in [-0.15, -0.1) is 0 Å². The smallest absolute Gasteiger partial charge is 0.223 e. The summed E-state index contributed by atoms with van der Waals surface area (Å²) in [7, 11) is 1.73. The number of fused-ring (bicyclic) bond motifs is 2. The van der Waals surface area contributed by atoms with Gasteiger partial charge >= 0.3 is 0 Å². The molecule has 3 fully saturated rings. The van der Waals surface area contributed by atoms with Crippen LogP contribution in [0.25, 0.3) is 0 Å². The quantitative estimate of drug-likeness (QED) is 0.849. The fourth-order valence-electron chi connectivity index (χ4n) is 5.14. The van der Waals surface area contributed by atoms with Crippen LogP contribution in [0.15, 0.2) is 24.3 Å². The predicted molar refractivity (Wildman–Crippen MR) is 104 cm³/mol. The number of ether oxygens (including phenoxy) is 1. The third-order valence-corrected chi connectivity index (χ3v) is 6.60. The molecule has 1 aromatic rings. The fourth-order valence-corrected chi connectivity index (χ4v) is 5.14. The van der Waals surface area contributed by atoms with Gasteiger partial charge in [0.25, 0.3) is 0 Å². The Morgan fingerprint density at radius 2 is 1.96 bits per heavy atom. The molecule has 1 amide bonds. The SMILES string of the molecule is COc1ccccc1N1CCN(CCNC(=O)C2C[C@H]3CC[C@@H]2C3)CC1. The van der Waals surface area contributed by atoms with Crippen LogP contribution in [0, 0.1) is 17.8 Å². The van der Waals surface area contributed by atoms with Crippen LogP contribution in [0.5, 0.6) is 5.75 Å². The van der Waals surface area contributed by atoms with Crippen molar-refractivity contribution in [3.63, 3.8) is 0 Å². The molecule has 1 saturated heterocycles. The summed E-state index contributed by atoms with van der Waals surface area (Å²) < 4.78 is 5.48. The summed E-state index contributed by atoms with van der Waals surface area (Å²) in [4.78, 5) is 17.3. The molecular formula is C21H31N3O2. The van der Waals surface area contributed by atoms with Crippen molar-refractivity contribution >= 4 is 11.6 Å². The number of carbonyl (C=O) groups is 1. The van der Waals surface area contributed by atoms with Crippen molar-refractivity contribution in [2.24, 2.45) is 17.8 Å². The molecule has 3 atom stereocenters. The van der Waals surface area contributed by atoms with E-state index in [2.05, 4.69) is 27.2 Å². The van der Waals surface area contributed by atoms with Gasteiger partial charge in [-0.25, -0.2) is 0 Å². The number of nitrogens with one attached hydrogen (secondary N) is 1. The summed E-state index contributed by atoms with van der Waals surface area (Å²) in [5.74, 6) is 3.06. The number of para-hydroxylation sites is 2. The number of anilines is 1. The number of amides is 1. The van der Waals surface area contributed by atoms with Gasteiger partial charge in [-0.2, -0.15) is 0 Å². The first-order chi connectivity index (χ1) is 12.7. The number of carbonyl (C=O) groups excluding carboxylic acids is 1. The summed E-state index contributed by atoms with van der Waals surface area (Å²) in [6.07, 6.45) is 5.05. The van der Waals surface area contributed by atoms with Gasteiger partial charge < -0.3 is 15.0 Å². The summed E-state index contributed by atoms with van der Waals surface area (Å²) in [6, 6.07) is 8.23. The maximum atomic E-state index is 12.4. The lowest BCUT2D eigenvalue weighted by Gasteiger charge is -2.36. The highest BCUT2D eigenvalue weighted by atomic mass is 16.5. The van der Waals surface area contributed by atoms with E-state index in [0.29, 0.717) is 17.7 Å². The van der Waals surface area contributed by atoms with Crippen LogP contribution in [0.4, 0.5) is 5.69 Å². The standard InChI is InChI=1S/C21H31N3O2/c1-26-20-5-3-2-4-19(20)24-12-10-23(11-13-24)9-8-22-21(25)18-15-16-6-7-17(18)14-16/h2-5,16-18H,6-15H2,1H3,(H,22,25)/t16-,17+,18?/m0/s1. The Labute approximate surface area is 156 Å². The van der Waals surface area contributed by atoms with E-state index in [1.807, 2.05) is 12.1 Å². The second kappa shape index (κ2) is 7.87. The van der Waals surface area contributed by atoms with Crippen LogP contribution < -0.4 is 15.0 Å². The average molecular weight is 357 g/mol. The average Bonchev–Trinajstić information content (AvgIpc) is 3.32. The first kappa shape index (κ1) is 17.7. The molecule has 142 valence electrons. The molecule has 1 unspecified atom stereocenters. The Bertz CT molecular complexity index is 627. The van der Waals surface area contributed by atoms with Gasteiger partial charge in [-0.1, -0.05) is 18.6 Å². The van der Waals surface area contributed by atoms with E-state index in [-0.39, 0.29) is 0 Å². The van der Waals surface area contributed by atoms with Crippen molar-refractivity contribution in [3.8, 4) is 5.75 Å². The molecule has 4 rings (SSSR count). The number of methoxy groups -OCH3 is 1. The van der Waals surface area contributed by atoms with E-state index in [1.54, 1.807) is 7.11 Å². The van der Waals surface area contributed by atoms with Gasteiger partial charge in [0.05, 0.1) is 12.8 Å². The first-order valence-electron chi connectivity index (χ1n) is 10.1. The summed E-state index contributed by atoms with van der Waals surface area (Å²) in [5.41, 5.74) is 1.18. The van der Waals surface area contributed by atoms with Gasteiger partial charge in [0.2, 0.25) is 5.91 Å². The second-order valence-corrected chi connectivity index (χ2v) is 8.07. The Balaban J connectivity index is 1.19. The largest absolute Gasteiger partial charge is 0.495 e. The highest BCUT2D eigenvalue weighted by molar-refractivity contribution is 5.79. The molecule has 0 spiro atoms. The lowest BCUT2D eigenvalue weighted by atomic mass is 9.88. The Hall–Kier alpha value is -1.75. The molecule has 1 aliphatic heterocycles. The van der Waals surface area contributed by atoms with Crippen molar-refractivity contribution in [1.29, 1.82) is 0 Å². The van der Waals surface area contributed by atoms with Crippen molar-refractivity contribution in [2.75, 3.05) is 51.3 Å². The molecule has 5 nitrogen and oxygen atoms in total. The Morgan fingerprint density at radius 1 is 1.15 bits per heavy atom. The number of rotatable bonds is 6. The highest BCUT2D eigenvalue weighted by Crippen LogP contribution is 2.48. The zero-order valence-corrected chi connectivity index (χ0v) is 15.8. The molecular weight excluding hydrogens is 326 g/mol. The van der Waals surface area contributed by atoms with Gasteiger partial charge in [0.1, 0.15) is 5.75 Å². The minimum atomic E-state index is 0.302. The highest BCUT2D eigenvalue weighted by Gasteiger charge is 2.42. The number of piperazine rings is 1. The Morgan fingerprint density at radius 3 is 2.65 bits per heavy atom. The normalized spacial score (nSPS) is 28.3. The Kier molecular flexibility index (Phi) is 5.34.